The molecule has 4 heteroatoms. The summed E-state index contributed by atoms with van der Waals surface area (Å²) >= 11 is 0. The number of carbonyl (C=O) groups is 1. The van der Waals surface area contributed by atoms with Crippen molar-refractivity contribution in [2.45, 2.75) is 53.1 Å². The molecule has 4 nitrogen and oxygen atoms in total. The van der Waals surface area contributed by atoms with Crippen LogP contribution in [0.3, 0.4) is 0 Å². The second-order valence-electron chi connectivity index (χ2n) is 5.94. The van der Waals surface area contributed by atoms with Gasteiger partial charge in [0.15, 0.2) is 0 Å². The maximum absolute atomic E-state index is 11.6. The van der Waals surface area contributed by atoms with Crippen LogP contribution in [0, 0.1) is 5.41 Å². The largest absolute Gasteiger partial charge is 0.468 e. The molecule has 0 amide bonds. The quantitative estimate of drug-likeness (QED) is 0.708. The van der Waals surface area contributed by atoms with Gasteiger partial charge >= 0.3 is 5.97 Å². The first-order chi connectivity index (χ1) is 8.23. The van der Waals surface area contributed by atoms with E-state index < -0.39 is 0 Å². The van der Waals surface area contributed by atoms with Crippen molar-refractivity contribution in [3.05, 3.63) is 0 Å². The van der Waals surface area contributed by atoms with E-state index in [1.165, 1.54) is 7.11 Å². The zero-order chi connectivity index (χ0) is 14.3. The van der Waals surface area contributed by atoms with Gasteiger partial charge < -0.3 is 15.0 Å². The van der Waals surface area contributed by atoms with E-state index in [4.69, 9.17) is 4.74 Å². The van der Waals surface area contributed by atoms with Crippen LogP contribution in [0.1, 0.15) is 41.0 Å². The first kappa shape index (κ1) is 17.4. The summed E-state index contributed by atoms with van der Waals surface area (Å²) in [6, 6.07) is 0.270. The highest BCUT2D eigenvalue weighted by atomic mass is 16.5. The maximum atomic E-state index is 11.6. The van der Waals surface area contributed by atoms with Gasteiger partial charge in [-0.3, -0.25) is 4.79 Å². The number of rotatable bonds is 7. The van der Waals surface area contributed by atoms with Crippen molar-refractivity contribution in [3.8, 4) is 0 Å². The summed E-state index contributed by atoms with van der Waals surface area (Å²) < 4.78 is 4.80. The SMILES string of the molecule is CCNC(CCN(C)C(C)C(C)(C)C)C(=O)OC. The summed E-state index contributed by atoms with van der Waals surface area (Å²) in [7, 11) is 3.55. The van der Waals surface area contributed by atoms with Crippen molar-refractivity contribution in [1.82, 2.24) is 10.2 Å². The number of nitrogens with zero attached hydrogens (tertiary/aromatic N) is 1. The molecule has 0 aromatic carbocycles. The molecule has 0 heterocycles. The van der Waals surface area contributed by atoms with Crippen LogP contribution in [0.15, 0.2) is 0 Å². The standard InChI is InChI=1S/C14H30N2O2/c1-8-15-12(13(17)18-7)9-10-16(6)11(2)14(3,4)5/h11-12,15H,8-10H2,1-7H3. The van der Waals surface area contributed by atoms with Crippen molar-refractivity contribution in [2.75, 3.05) is 27.2 Å². The van der Waals surface area contributed by atoms with Crippen molar-refractivity contribution in [2.24, 2.45) is 5.41 Å². The molecule has 0 spiro atoms. The summed E-state index contributed by atoms with van der Waals surface area (Å²) in [6.45, 7) is 12.6. The summed E-state index contributed by atoms with van der Waals surface area (Å²) in [5.41, 5.74) is 0.244. The predicted molar refractivity (Wildman–Crippen MR) is 75.6 cm³/mol. The predicted octanol–water partition coefficient (Wildman–Crippen LogP) is 1.89. The molecule has 0 aliphatic heterocycles. The molecule has 0 radical (unpaired) electrons. The number of likely N-dealkylation sites (N-methyl/N-ethyl adjacent to an activating group) is 1. The molecule has 0 aliphatic carbocycles. The molecule has 0 aromatic heterocycles. The molecule has 0 aliphatic rings. The van der Waals surface area contributed by atoms with E-state index in [2.05, 4.69) is 45.0 Å². The lowest BCUT2D eigenvalue weighted by atomic mass is 9.87. The molecule has 0 saturated carbocycles. The minimum absolute atomic E-state index is 0.173. The summed E-state index contributed by atoms with van der Waals surface area (Å²) in [6.07, 6.45) is 0.775. The van der Waals surface area contributed by atoms with E-state index in [0.29, 0.717) is 6.04 Å². The molecule has 0 fully saturated rings. The number of nitrogens with one attached hydrogen (secondary N) is 1. The van der Waals surface area contributed by atoms with E-state index in [0.717, 1.165) is 19.5 Å². The van der Waals surface area contributed by atoms with Crippen molar-refractivity contribution in [1.29, 1.82) is 0 Å². The highest BCUT2D eigenvalue weighted by Crippen LogP contribution is 2.23. The zero-order valence-electron chi connectivity index (χ0n) is 13.0. The van der Waals surface area contributed by atoms with Crippen molar-refractivity contribution >= 4 is 5.97 Å². The average molecular weight is 258 g/mol. The van der Waals surface area contributed by atoms with Gasteiger partial charge in [-0.1, -0.05) is 27.7 Å². The van der Waals surface area contributed by atoms with Gasteiger partial charge in [-0.25, -0.2) is 0 Å². The first-order valence-corrected chi connectivity index (χ1v) is 6.75. The van der Waals surface area contributed by atoms with Crippen molar-refractivity contribution < 1.29 is 9.53 Å². The Morgan fingerprint density at radius 2 is 1.94 bits per heavy atom. The molecular formula is C14H30N2O2. The number of methoxy groups -OCH3 is 1. The Morgan fingerprint density at radius 1 is 1.39 bits per heavy atom. The van der Waals surface area contributed by atoms with E-state index in [-0.39, 0.29) is 17.4 Å². The zero-order valence-corrected chi connectivity index (χ0v) is 13.0. The Hall–Kier alpha value is -0.610. The molecule has 108 valence electrons. The summed E-state index contributed by atoms with van der Waals surface area (Å²) in [4.78, 5) is 13.9. The van der Waals surface area contributed by atoms with Crippen LogP contribution < -0.4 is 5.32 Å². The molecular weight excluding hydrogens is 228 g/mol. The number of hydrogen-bond donors (Lipinski definition) is 1. The van der Waals surface area contributed by atoms with Crippen LogP contribution in [0.4, 0.5) is 0 Å². The molecule has 0 rings (SSSR count). The van der Waals surface area contributed by atoms with Gasteiger partial charge in [-0.15, -0.1) is 0 Å². The lowest BCUT2D eigenvalue weighted by molar-refractivity contribution is -0.143. The van der Waals surface area contributed by atoms with Gasteiger partial charge in [0.2, 0.25) is 0 Å². The smallest absolute Gasteiger partial charge is 0.322 e. The minimum atomic E-state index is -0.199. The van der Waals surface area contributed by atoms with Crippen LogP contribution >= 0.6 is 0 Å². The fourth-order valence-corrected chi connectivity index (χ4v) is 1.88. The lowest BCUT2D eigenvalue weighted by Gasteiger charge is -2.35. The van der Waals surface area contributed by atoms with Gasteiger partial charge in [0.25, 0.3) is 0 Å². The fourth-order valence-electron chi connectivity index (χ4n) is 1.88. The van der Waals surface area contributed by atoms with Crippen LogP contribution in [0.5, 0.6) is 0 Å². The van der Waals surface area contributed by atoms with Gasteiger partial charge in [0.05, 0.1) is 7.11 Å². The topological polar surface area (TPSA) is 41.6 Å². The maximum Gasteiger partial charge on any atom is 0.322 e. The molecule has 1 N–H and O–H groups in total. The Bertz CT molecular complexity index is 249. The van der Waals surface area contributed by atoms with Crippen LogP contribution in [-0.4, -0.2) is 50.2 Å². The van der Waals surface area contributed by atoms with Gasteiger partial charge in [0, 0.05) is 12.6 Å². The number of esters is 1. The molecule has 0 bridgehead atoms. The van der Waals surface area contributed by atoms with Crippen molar-refractivity contribution in [3.63, 3.8) is 0 Å². The molecule has 2 atom stereocenters. The van der Waals surface area contributed by atoms with E-state index >= 15 is 0 Å². The Kier molecular flexibility index (Phi) is 7.48. The van der Waals surface area contributed by atoms with E-state index in [1.54, 1.807) is 0 Å². The molecule has 0 saturated heterocycles. The van der Waals surface area contributed by atoms with Crippen LogP contribution in [0.25, 0.3) is 0 Å². The van der Waals surface area contributed by atoms with Gasteiger partial charge in [-0.05, 0) is 32.4 Å². The van der Waals surface area contributed by atoms with E-state index in [9.17, 15) is 4.79 Å². The second-order valence-corrected chi connectivity index (χ2v) is 5.94. The highest BCUT2D eigenvalue weighted by Gasteiger charge is 2.25. The lowest BCUT2D eigenvalue weighted by Crippen LogP contribution is -2.44. The third-order valence-corrected chi connectivity index (χ3v) is 3.62. The molecule has 0 aromatic rings. The first-order valence-electron chi connectivity index (χ1n) is 6.75. The monoisotopic (exact) mass is 258 g/mol. The molecule has 2 unspecified atom stereocenters. The number of hydrogen-bond acceptors (Lipinski definition) is 4. The Morgan fingerprint density at radius 3 is 2.33 bits per heavy atom. The Labute approximate surface area is 112 Å². The second kappa shape index (κ2) is 7.74. The number of carbonyl (C=O) groups excluding carboxylic acids is 1. The molecule has 18 heavy (non-hydrogen) atoms. The average Bonchev–Trinajstić information content (AvgIpc) is 2.30. The van der Waals surface area contributed by atoms with Crippen LogP contribution in [0.2, 0.25) is 0 Å². The van der Waals surface area contributed by atoms with Crippen LogP contribution in [-0.2, 0) is 9.53 Å². The summed E-state index contributed by atoms with van der Waals surface area (Å²) in [5.74, 6) is -0.173. The minimum Gasteiger partial charge on any atom is -0.468 e. The van der Waals surface area contributed by atoms with E-state index in [1.807, 2.05) is 6.92 Å². The third kappa shape index (κ3) is 5.83. The fraction of sp³-hybridized carbons (Fsp3) is 0.929. The normalized spacial score (nSPS) is 15.6. The summed E-state index contributed by atoms with van der Waals surface area (Å²) in [5, 5.41) is 3.17. The van der Waals surface area contributed by atoms with Gasteiger partial charge in [-0.2, -0.15) is 0 Å². The van der Waals surface area contributed by atoms with Gasteiger partial charge in [0.1, 0.15) is 6.04 Å². The Balaban J connectivity index is 4.31. The third-order valence-electron chi connectivity index (χ3n) is 3.62. The highest BCUT2D eigenvalue weighted by molar-refractivity contribution is 5.75. The number of ether oxygens (including phenoxy) is 1.